The highest BCUT2D eigenvalue weighted by Crippen LogP contribution is 2.42. The van der Waals surface area contributed by atoms with Crippen molar-refractivity contribution in [3.8, 4) is 0 Å². The molecule has 1 heterocycles. The van der Waals surface area contributed by atoms with Crippen LogP contribution in [0.25, 0.3) is 0 Å². The van der Waals surface area contributed by atoms with Gasteiger partial charge < -0.3 is 10.6 Å². The first-order chi connectivity index (χ1) is 8.45. The average molecular weight is 253 g/mol. The normalized spacial score (nSPS) is 26.0. The van der Waals surface area contributed by atoms with Crippen molar-refractivity contribution >= 4 is 0 Å². The Balaban J connectivity index is 1.71. The predicted octanol–water partition coefficient (Wildman–Crippen LogP) is 1.92. The zero-order valence-electron chi connectivity index (χ0n) is 12.5. The third-order valence-corrected chi connectivity index (χ3v) is 5.13. The van der Waals surface area contributed by atoms with E-state index in [0.717, 1.165) is 6.54 Å². The summed E-state index contributed by atoms with van der Waals surface area (Å²) in [6.45, 7) is 14.0. The number of rotatable bonds is 4. The van der Waals surface area contributed by atoms with Gasteiger partial charge in [-0.2, -0.15) is 0 Å². The molecule has 18 heavy (non-hydrogen) atoms. The van der Waals surface area contributed by atoms with Crippen LogP contribution in [0.3, 0.4) is 0 Å². The van der Waals surface area contributed by atoms with Crippen LogP contribution in [0, 0.1) is 5.41 Å². The molecule has 0 unspecified atom stereocenters. The van der Waals surface area contributed by atoms with Gasteiger partial charge in [-0.3, -0.25) is 4.90 Å². The Hall–Kier alpha value is -0.120. The van der Waals surface area contributed by atoms with Crippen molar-refractivity contribution in [2.75, 3.05) is 39.3 Å². The summed E-state index contributed by atoms with van der Waals surface area (Å²) in [6.07, 6.45) is 5.45. The van der Waals surface area contributed by atoms with E-state index in [9.17, 15) is 0 Å². The molecule has 0 aromatic heterocycles. The van der Waals surface area contributed by atoms with Gasteiger partial charge >= 0.3 is 0 Å². The number of piperazine rings is 1. The van der Waals surface area contributed by atoms with E-state index in [4.69, 9.17) is 5.73 Å². The van der Waals surface area contributed by atoms with E-state index in [1.54, 1.807) is 0 Å². The molecule has 0 radical (unpaired) electrons. The highest BCUT2D eigenvalue weighted by Gasteiger charge is 2.35. The molecule has 0 spiro atoms. The molecule has 0 aromatic rings. The Morgan fingerprint density at radius 3 is 2.06 bits per heavy atom. The van der Waals surface area contributed by atoms with Gasteiger partial charge in [-0.1, -0.05) is 6.42 Å². The van der Waals surface area contributed by atoms with Gasteiger partial charge in [-0.05, 0) is 58.5 Å². The van der Waals surface area contributed by atoms with Crippen LogP contribution in [0.4, 0.5) is 0 Å². The van der Waals surface area contributed by atoms with Gasteiger partial charge in [0.1, 0.15) is 0 Å². The molecule has 0 bridgehead atoms. The Bertz CT molecular complexity index is 252. The minimum Gasteiger partial charge on any atom is -0.330 e. The lowest BCUT2D eigenvalue weighted by Crippen LogP contribution is -2.54. The zero-order valence-corrected chi connectivity index (χ0v) is 12.5. The monoisotopic (exact) mass is 253 g/mol. The summed E-state index contributed by atoms with van der Waals surface area (Å²) in [5.74, 6) is 0. The molecule has 3 nitrogen and oxygen atoms in total. The van der Waals surface area contributed by atoms with Gasteiger partial charge in [0.15, 0.2) is 0 Å². The van der Waals surface area contributed by atoms with Gasteiger partial charge in [0, 0.05) is 31.7 Å². The smallest absolute Gasteiger partial charge is 0.0126 e. The van der Waals surface area contributed by atoms with E-state index in [1.807, 2.05) is 0 Å². The molecule has 0 atom stereocenters. The quantitative estimate of drug-likeness (QED) is 0.831. The summed E-state index contributed by atoms with van der Waals surface area (Å²) in [6, 6.07) is 0. The largest absolute Gasteiger partial charge is 0.330 e. The Morgan fingerprint density at radius 2 is 1.67 bits per heavy atom. The first kappa shape index (κ1) is 14.3. The molecule has 2 N–H and O–H groups in total. The molecule has 106 valence electrons. The van der Waals surface area contributed by atoms with Gasteiger partial charge in [-0.25, -0.2) is 0 Å². The van der Waals surface area contributed by atoms with E-state index in [2.05, 4.69) is 30.6 Å². The van der Waals surface area contributed by atoms with E-state index in [1.165, 1.54) is 58.4 Å². The van der Waals surface area contributed by atoms with E-state index in [-0.39, 0.29) is 0 Å². The Morgan fingerprint density at radius 1 is 1.06 bits per heavy atom. The second-order valence-electron chi connectivity index (χ2n) is 7.31. The third-order valence-electron chi connectivity index (χ3n) is 5.13. The molecule has 1 aliphatic heterocycles. The number of hydrogen-bond donors (Lipinski definition) is 1. The summed E-state index contributed by atoms with van der Waals surface area (Å²) in [5, 5.41) is 0. The summed E-state index contributed by atoms with van der Waals surface area (Å²) in [7, 11) is 0. The maximum absolute atomic E-state index is 5.94. The molecule has 3 heteroatoms. The minimum atomic E-state index is 0.332. The van der Waals surface area contributed by atoms with E-state index < -0.39 is 0 Å². The number of nitrogens with two attached hydrogens (primary N) is 1. The third kappa shape index (κ3) is 3.25. The molecule has 2 rings (SSSR count). The van der Waals surface area contributed by atoms with Crippen molar-refractivity contribution in [2.24, 2.45) is 11.1 Å². The number of hydrogen-bond acceptors (Lipinski definition) is 3. The minimum absolute atomic E-state index is 0.332. The molecular weight excluding hydrogens is 222 g/mol. The Labute approximate surface area is 113 Å². The molecule has 0 aromatic carbocycles. The van der Waals surface area contributed by atoms with Gasteiger partial charge in [-0.15, -0.1) is 0 Å². The van der Waals surface area contributed by atoms with Crippen molar-refractivity contribution in [1.29, 1.82) is 0 Å². The van der Waals surface area contributed by atoms with Crippen LogP contribution in [0.5, 0.6) is 0 Å². The number of nitrogens with zero attached hydrogens (tertiary/aromatic N) is 2. The zero-order chi connectivity index (χ0) is 13.2. The standard InChI is InChI=1S/C15H31N3/c1-14(2,3)18-11-9-17(10-12-18)8-7-15(13-16)5-4-6-15/h4-13,16H2,1-3H3. The van der Waals surface area contributed by atoms with Crippen molar-refractivity contribution in [2.45, 2.75) is 52.0 Å². The highest BCUT2D eigenvalue weighted by molar-refractivity contribution is 4.90. The van der Waals surface area contributed by atoms with Crippen LogP contribution < -0.4 is 5.73 Å². The summed E-state index contributed by atoms with van der Waals surface area (Å²) in [4.78, 5) is 5.24. The van der Waals surface area contributed by atoms with Crippen molar-refractivity contribution < 1.29 is 0 Å². The highest BCUT2D eigenvalue weighted by atomic mass is 15.3. The summed E-state index contributed by atoms with van der Waals surface area (Å²) in [5.41, 5.74) is 6.78. The average Bonchev–Trinajstić information content (AvgIpc) is 2.28. The molecule has 1 saturated carbocycles. The fraction of sp³-hybridized carbons (Fsp3) is 1.00. The molecule has 1 saturated heterocycles. The van der Waals surface area contributed by atoms with Crippen LogP contribution in [-0.2, 0) is 0 Å². The molecule has 2 fully saturated rings. The molecular formula is C15H31N3. The fourth-order valence-electron chi connectivity index (χ4n) is 3.27. The summed E-state index contributed by atoms with van der Waals surface area (Å²) < 4.78 is 0. The maximum atomic E-state index is 5.94. The van der Waals surface area contributed by atoms with E-state index in [0.29, 0.717) is 11.0 Å². The van der Waals surface area contributed by atoms with Crippen LogP contribution >= 0.6 is 0 Å². The predicted molar refractivity (Wildman–Crippen MR) is 77.7 cm³/mol. The summed E-state index contributed by atoms with van der Waals surface area (Å²) >= 11 is 0. The first-order valence-electron chi connectivity index (χ1n) is 7.63. The van der Waals surface area contributed by atoms with Crippen molar-refractivity contribution in [3.05, 3.63) is 0 Å². The van der Waals surface area contributed by atoms with Crippen LogP contribution in [0.15, 0.2) is 0 Å². The van der Waals surface area contributed by atoms with Crippen molar-refractivity contribution in [3.63, 3.8) is 0 Å². The molecule has 0 amide bonds. The second-order valence-corrected chi connectivity index (χ2v) is 7.31. The lowest BCUT2D eigenvalue weighted by atomic mass is 9.66. The molecule has 1 aliphatic carbocycles. The van der Waals surface area contributed by atoms with Crippen molar-refractivity contribution in [1.82, 2.24) is 9.80 Å². The topological polar surface area (TPSA) is 32.5 Å². The SMILES string of the molecule is CC(C)(C)N1CCN(CCC2(CN)CCC2)CC1. The molecule has 2 aliphatic rings. The Kier molecular flexibility index (Phi) is 4.35. The second kappa shape index (κ2) is 5.48. The van der Waals surface area contributed by atoms with Crippen LogP contribution in [0.2, 0.25) is 0 Å². The maximum Gasteiger partial charge on any atom is 0.0126 e. The van der Waals surface area contributed by atoms with Gasteiger partial charge in [0.05, 0.1) is 0 Å². The lowest BCUT2D eigenvalue weighted by molar-refractivity contribution is 0.0449. The fourth-order valence-corrected chi connectivity index (χ4v) is 3.27. The van der Waals surface area contributed by atoms with Gasteiger partial charge in [0.25, 0.3) is 0 Å². The van der Waals surface area contributed by atoms with Gasteiger partial charge in [0.2, 0.25) is 0 Å². The first-order valence-corrected chi connectivity index (χ1v) is 7.63. The van der Waals surface area contributed by atoms with Crippen LogP contribution in [0.1, 0.15) is 46.5 Å². The van der Waals surface area contributed by atoms with E-state index >= 15 is 0 Å². The van der Waals surface area contributed by atoms with Crippen LogP contribution in [-0.4, -0.2) is 54.6 Å². The lowest BCUT2D eigenvalue weighted by Gasteiger charge is -2.45.